The fourth-order valence-corrected chi connectivity index (χ4v) is 3.77. The van der Waals surface area contributed by atoms with Crippen LogP contribution in [-0.4, -0.2) is 16.8 Å². The Balaban J connectivity index is 2.10. The molecule has 1 aliphatic heterocycles. The molecule has 1 fully saturated rings. The summed E-state index contributed by atoms with van der Waals surface area (Å²) in [4.78, 5) is 10.8. The van der Waals surface area contributed by atoms with Gasteiger partial charge in [-0.25, -0.2) is 0 Å². The van der Waals surface area contributed by atoms with Crippen molar-refractivity contribution in [3.05, 3.63) is 0 Å². The predicted molar refractivity (Wildman–Crippen MR) is 63.7 cm³/mol. The van der Waals surface area contributed by atoms with Crippen molar-refractivity contribution in [2.45, 2.75) is 51.7 Å². The summed E-state index contributed by atoms with van der Waals surface area (Å²) in [6.45, 7) is 6.42. The van der Waals surface area contributed by atoms with Crippen molar-refractivity contribution in [3.8, 4) is 0 Å². The maximum atomic E-state index is 10.8. The zero-order chi connectivity index (χ0) is 10.6. The molecule has 0 aromatic carbocycles. The van der Waals surface area contributed by atoms with Crippen LogP contribution in [0.3, 0.4) is 0 Å². The standard InChI is InChI=1S/C12H22OS/c1-9-8-14-12(11(9)3)7-5-4-6-10(2)13/h9,11-12H,4-8H2,1-3H3/t9-,11-,12?/m1/s1. The van der Waals surface area contributed by atoms with Gasteiger partial charge in [0.25, 0.3) is 0 Å². The normalized spacial score (nSPS) is 32.1. The Morgan fingerprint density at radius 1 is 1.36 bits per heavy atom. The van der Waals surface area contributed by atoms with Gasteiger partial charge in [-0.2, -0.15) is 11.8 Å². The van der Waals surface area contributed by atoms with Gasteiger partial charge in [0.15, 0.2) is 0 Å². The third-order valence-corrected chi connectivity index (χ3v) is 5.14. The van der Waals surface area contributed by atoms with Crippen LogP contribution in [0.1, 0.15) is 46.5 Å². The first-order valence-corrected chi connectivity index (χ1v) is 6.77. The lowest BCUT2D eigenvalue weighted by Crippen LogP contribution is -2.13. The maximum Gasteiger partial charge on any atom is 0.129 e. The number of hydrogen-bond donors (Lipinski definition) is 0. The molecule has 1 nitrogen and oxygen atoms in total. The Bertz CT molecular complexity index is 191. The lowest BCUT2D eigenvalue weighted by Gasteiger charge is -2.16. The van der Waals surface area contributed by atoms with Crippen molar-refractivity contribution >= 4 is 17.5 Å². The molecule has 0 aliphatic carbocycles. The molecule has 0 bridgehead atoms. The number of ketones is 1. The SMILES string of the molecule is CC(=O)CCCCC1SC[C@@H](C)[C@H]1C. The summed E-state index contributed by atoms with van der Waals surface area (Å²) >= 11 is 2.13. The van der Waals surface area contributed by atoms with Crippen LogP contribution in [0, 0.1) is 11.8 Å². The van der Waals surface area contributed by atoms with Crippen LogP contribution in [0.4, 0.5) is 0 Å². The minimum atomic E-state index is 0.338. The van der Waals surface area contributed by atoms with Crippen molar-refractivity contribution in [1.29, 1.82) is 0 Å². The highest BCUT2D eigenvalue weighted by molar-refractivity contribution is 8.00. The molecule has 0 N–H and O–H groups in total. The van der Waals surface area contributed by atoms with Gasteiger partial charge in [0.05, 0.1) is 0 Å². The second-order valence-corrected chi connectivity index (χ2v) is 5.93. The molecule has 3 atom stereocenters. The Hall–Kier alpha value is 0.0200. The van der Waals surface area contributed by atoms with E-state index in [1.54, 1.807) is 6.92 Å². The first-order valence-electron chi connectivity index (χ1n) is 5.72. The zero-order valence-corrected chi connectivity index (χ0v) is 10.4. The van der Waals surface area contributed by atoms with Gasteiger partial charge in [-0.05, 0) is 37.4 Å². The summed E-state index contributed by atoms with van der Waals surface area (Å²) in [6, 6.07) is 0. The number of carbonyl (C=O) groups is 1. The average Bonchev–Trinajstić information content (AvgIpc) is 2.43. The van der Waals surface area contributed by atoms with Gasteiger partial charge in [0.2, 0.25) is 0 Å². The van der Waals surface area contributed by atoms with Gasteiger partial charge >= 0.3 is 0 Å². The summed E-state index contributed by atoms with van der Waals surface area (Å²) in [7, 11) is 0. The molecule has 1 rings (SSSR count). The fourth-order valence-electron chi connectivity index (χ4n) is 2.01. The van der Waals surface area contributed by atoms with E-state index in [0.717, 1.165) is 29.9 Å². The Kier molecular flexibility index (Phi) is 5.00. The molecule has 14 heavy (non-hydrogen) atoms. The number of carbonyl (C=O) groups excluding carboxylic acids is 1. The summed E-state index contributed by atoms with van der Waals surface area (Å²) in [5.41, 5.74) is 0. The Morgan fingerprint density at radius 3 is 2.57 bits per heavy atom. The van der Waals surface area contributed by atoms with Crippen LogP contribution in [-0.2, 0) is 4.79 Å². The average molecular weight is 214 g/mol. The molecular formula is C12H22OS. The molecule has 1 heterocycles. The minimum Gasteiger partial charge on any atom is -0.300 e. The second-order valence-electron chi connectivity index (χ2n) is 4.66. The fraction of sp³-hybridized carbons (Fsp3) is 0.917. The minimum absolute atomic E-state index is 0.338. The Morgan fingerprint density at radius 2 is 2.07 bits per heavy atom. The van der Waals surface area contributed by atoms with Crippen molar-refractivity contribution in [2.24, 2.45) is 11.8 Å². The molecule has 1 aliphatic rings. The van der Waals surface area contributed by atoms with E-state index in [-0.39, 0.29) is 0 Å². The molecule has 82 valence electrons. The lowest BCUT2D eigenvalue weighted by atomic mass is 9.92. The van der Waals surface area contributed by atoms with Crippen LogP contribution in [0.15, 0.2) is 0 Å². The van der Waals surface area contributed by atoms with E-state index in [4.69, 9.17) is 0 Å². The number of thioether (sulfide) groups is 1. The molecule has 0 amide bonds. The smallest absolute Gasteiger partial charge is 0.129 e. The zero-order valence-electron chi connectivity index (χ0n) is 9.58. The quantitative estimate of drug-likeness (QED) is 0.651. The third kappa shape index (κ3) is 3.64. The molecule has 2 heteroatoms. The summed E-state index contributed by atoms with van der Waals surface area (Å²) in [5, 5.41) is 0.858. The molecular weight excluding hydrogens is 192 g/mol. The molecule has 1 unspecified atom stereocenters. The summed E-state index contributed by atoms with van der Waals surface area (Å²) in [5.74, 6) is 3.43. The van der Waals surface area contributed by atoms with Crippen LogP contribution in [0.2, 0.25) is 0 Å². The second kappa shape index (κ2) is 5.79. The third-order valence-electron chi connectivity index (χ3n) is 3.32. The molecule has 0 saturated carbocycles. The maximum absolute atomic E-state index is 10.8. The van der Waals surface area contributed by atoms with Gasteiger partial charge in [-0.15, -0.1) is 0 Å². The summed E-state index contributed by atoms with van der Waals surface area (Å²) < 4.78 is 0. The van der Waals surface area contributed by atoms with E-state index in [2.05, 4.69) is 25.6 Å². The monoisotopic (exact) mass is 214 g/mol. The predicted octanol–water partition coefficient (Wildman–Crippen LogP) is 3.52. The van der Waals surface area contributed by atoms with Crippen LogP contribution < -0.4 is 0 Å². The van der Waals surface area contributed by atoms with Gasteiger partial charge in [0, 0.05) is 11.7 Å². The van der Waals surface area contributed by atoms with Gasteiger partial charge < -0.3 is 4.79 Å². The van der Waals surface area contributed by atoms with Crippen molar-refractivity contribution < 1.29 is 4.79 Å². The highest BCUT2D eigenvalue weighted by atomic mass is 32.2. The van der Waals surface area contributed by atoms with Crippen LogP contribution in [0.5, 0.6) is 0 Å². The number of hydrogen-bond acceptors (Lipinski definition) is 2. The van der Waals surface area contributed by atoms with E-state index in [1.165, 1.54) is 18.6 Å². The number of rotatable bonds is 5. The highest BCUT2D eigenvalue weighted by Crippen LogP contribution is 2.39. The Labute approximate surface area is 92.0 Å². The molecule has 0 radical (unpaired) electrons. The van der Waals surface area contributed by atoms with Crippen molar-refractivity contribution in [1.82, 2.24) is 0 Å². The van der Waals surface area contributed by atoms with E-state index in [1.807, 2.05) is 0 Å². The molecule has 0 aromatic heterocycles. The summed E-state index contributed by atoms with van der Waals surface area (Å²) in [6.07, 6.45) is 4.41. The van der Waals surface area contributed by atoms with E-state index in [0.29, 0.717) is 5.78 Å². The molecule has 0 spiro atoms. The van der Waals surface area contributed by atoms with E-state index >= 15 is 0 Å². The van der Waals surface area contributed by atoms with Crippen molar-refractivity contribution in [3.63, 3.8) is 0 Å². The first-order chi connectivity index (χ1) is 6.61. The highest BCUT2D eigenvalue weighted by Gasteiger charge is 2.29. The van der Waals surface area contributed by atoms with E-state index < -0.39 is 0 Å². The van der Waals surface area contributed by atoms with Gasteiger partial charge in [-0.1, -0.05) is 20.3 Å². The van der Waals surface area contributed by atoms with Crippen LogP contribution >= 0.6 is 11.8 Å². The van der Waals surface area contributed by atoms with Crippen LogP contribution in [0.25, 0.3) is 0 Å². The largest absolute Gasteiger partial charge is 0.300 e. The van der Waals surface area contributed by atoms with E-state index in [9.17, 15) is 4.79 Å². The first kappa shape index (κ1) is 12.1. The molecule has 0 aromatic rings. The number of Topliss-reactive ketones (excluding diaryl/α,β-unsaturated/α-hetero) is 1. The van der Waals surface area contributed by atoms with Gasteiger partial charge in [0.1, 0.15) is 5.78 Å². The van der Waals surface area contributed by atoms with Gasteiger partial charge in [-0.3, -0.25) is 0 Å². The topological polar surface area (TPSA) is 17.1 Å². The number of unbranched alkanes of at least 4 members (excludes halogenated alkanes) is 1. The van der Waals surface area contributed by atoms with Crippen molar-refractivity contribution in [2.75, 3.05) is 5.75 Å². The lowest BCUT2D eigenvalue weighted by molar-refractivity contribution is -0.117. The molecule has 1 saturated heterocycles.